The Bertz CT molecular complexity index is 1440. The molecule has 8 nitrogen and oxygen atoms in total. The van der Waals surface area contributed by atoms with Crippen molar-refractivity contribution in [2.24, 2.45) is 17.8 Å². The minimum Gasteiger partial charge on any atom is -0.508 e. The molecule has 0 heterocycles. The highest BCUT2D eigenvalue weighted by Crippen LogP contribution is 2.51. The Kier molecular flexibility index (Phi) is 6.81. The topological polar surface area (TPSA) is 141 Å². The van der Waals surface area contributed by atoms with Gasteiger partial charge in [0.2, 0.25) is 5.78 Å². The number of rotatable bonds is 6. The monoisotopic (exact) mass is 531 g/mol. The first-order chi connectivity index (χ1) is 18.5. The smallest absolute Gasteiger partial charge is 0.205 e. The number of aryl methyl sites for hydroxylation is 1. The molecule has 0 radical (unpaired) electrons. The Morgan fingerprint density at radius 2 is 1.74 bits per heavy atom. The zero-order chi connectivity index (χ0) is 28.2. The summed E-state index contributed by atoms with van der Waals surface area (Å²) in [5, 5.41) is 35.5. The zero-order valence-electron chi connectivity index (χ0n) is 22.3. The van der Waals surface area contributed by atoms with Crippen LogP contribution in [0.5, 0.6) is 11.5 Å². The van der Waals surface area contributed by atoms with Crippen LogP contribution in [0.3, 0.4) is 0 Å². The number of aliphatic hydroxyl groups is 1. The Balaban J connectivity index is 1.48. The molecule has 0 spiro atoms. The number of fused-ring (bicyclic) bond motifs is 3. The minimum atomic E-state index is -2.42. The third kappa shape index (κ3) is 4.22. The van der Waals surface area contributed by atoms with Crippen LogP contribution in [0.2, 0.25) is 0 Å². The SMILES string of the molecule is CCc1cc(CNCc2ccc(O)cc2)c(O)c2c1C[C@H]1C[C@H]3CC(C)=C(C(C)=O)C(=O)[C@@]3(O)C(=O)C1C2=O. The molecule has 0 amide bonds. The summed E-state index contributed by atoms with van der Waals surface area (Å²) >= 11 is 0. The van der Waals surface area contributed by atoms with Crippen LogP contribution in [0.25, 0.3) is 0 Å². The van der Waals surface area contributed by atoms with Gasteiger partial charge in [0.05, 0.1) is 17.1 Å². The summed E-state index contributed by atoms with van der Waals surface area (Å²) in [6, 6.07) is 8.63. The maximum atomic E-state index is 13.9. The number of carbonyl (C=O) groups excluding carboxylic acids is 4. The summed E-state index contributed by atoms with van der Waals surface area (Å²) in [6.07, 6.45) is 1.55. The van der Waals surface area contributed by atoms with Gasteiger partial charge >= 0.3 is 0 Å². The number of phenolic OH excluding ortho intramolecular Hbond substituents is 2. The van der Waals surface area contributed by atoms with E-state index in [4.69, 9.17) is 0 Å². The Hall–Kier alpha value is -3.62. The van der Waals surface area contributed by atoms with E-state index in [2.05, 4.69) is 5.32 Å². The molecule has 0 bridgehead atoms. The molecule has 1 unspecified atom stereocenters. The van der Waals surface area contributed by atoms with Crippen LogP contribution < -0.4 is 5.32 Å². The molecule has 39 heavy (non-hydrogen) atoms. The molecule has 1 fully saturated rings. The lowest BCUT2D eigenvalue weighted by molar-refractivity contribution is -0.165. The molecule has 8 heteroatoms. The van der Waals surface area contributed by atoms with Crippen molar-refractivity contribution in [3.63, 3.8) is 0 Å². The van der Waals surface area contributed by atoms with Crippen molar-refractivity contribution in [2.75, 3.05) is 0 Å². The molecule has 4 atom stereocenters. The molecule has 0 aromatic heterocycles. The zero-order valence-corrected chi connectivity index (χ0v) is 22.3. The molecular weight excluding hydrogens is 498 g/mol. The van der Waals surface area contributed by atoms with Crippen LogP contribution in [0.15, 0.2) is 41.5 Å². The van der Waals surface area contributed by atoms with Gasteiger partial charge in [-0.2, -0.15) is 0 Å². The van der Waals surface area contributed by atoms with Crippen molar-refractivity contribution in [1.29, 1.82) is 0 Å². The first kappa shape index (κ1) is 27.0. The van der Waals surface area contributed by atoms with Crippen LogP contribution in [0.4, 0.5) is 0 Å². The number of hydrogen-bond donors (Lipinski definition) is 4. The normalized spacial score (nSPS) is 26.3. The Morgan fingerprint density at radius 1 is 1.05 bits per heavy atom. The highest BCUT2D eigenvalue weighted by molar-refractivity contribution is 6.32. The van der Waals surface area contributed by atoms with E-state index in [-0.39, 0.29) is 35.6 Å². The number of allylic oxidation sites excluding steroid dienone is 1. The largest absolute Gasteiger partial charge is 0.508 e. The fourth-order valence-corrected chi connectivity index (χ4v) is 6.86. The summed E-state index contributed by atoms with van der Waals surface area (Å²) in [6.45, 7) is 5.62. The van der Waals surface area contributed by atoms with Crippen molar-refractivity contribution in [3.8, 4) is 11.5 Å². The van der Waals surface area contributed by atoms with Crippen molar-refractivity contribution in [3.05, 3.63) is 69.3 Å². The van der Waals surface area contributed by atoms with Gasteiger partial charge in [-0.05, 0) is 74.3 Å². The summed E-state index contributed by atoms with van der Waals surface area (Å²) in [7, 11) is 0. The van der Waals surface area contributed by atoms with Gasteiger partial charge in [0.25, 0.3) is 0 Å². The fourth-order valence-electron chi connectivity index (χ4n) is 6.86. The molecular formula is C31H33NO7. The average Bonchev–Trinajstić information content (AvgIpc) is 2.88. The molecule has 5 rings (SSSR count). The van der Waals surface area contributed by atoms with Crippen LogP contribution >= 0.6 is 0 Å². The van der Waals surface area contributed by atoms with Crippen molar-refractivity contribution in [1.82, 2.24) is 5.32 Å². The summed E-state index contributed by atoms with van der Waals surface area (Å²) in [5.74, 6) is -5.22. The van der Waals surface area contributed by atoms with Crippen molar-refractivity contribution in [2.45, 2.75) is 65.1 Å². The van der Waals surface area contributed by atoms with Gasteiger partial charge in [-0.25, -0.2) is 0 Å². The molecule has 2 aromatic carbocycles. The standard InChI is InChI=1S/C31H33NO7/c1-4-18-10-20(14-32-13-17-5-7-22(34)8-6-17)27(35)26-23(18)12-19-11-21-9-15(2)24(16(3)33)29(37)31(21,39)30(38)25(19)28(26)36/h5-8,10,19,21,25,32,34-35,39H,4,9,11-14H2,1-3H3/t19-,21-,25?,31-/m1/s1. The number of hydrogen-bond acceptors (Lipinski definition) is 8. The number of ketones is 4. The molecule has 4 N–H and O–H groups in total. The molecule has 3 aliphatic rings. The number of phenols is 2. The van der Waals surface area contributed by atoms with E-state index in [1.807, 2.05) is 13.0 Å². The summed E-state index contributed by atoms with van der Waals surface area (Å²) in [4.78, 5) is 53.2. The number of nitrogens with one attached hydrogen (secondary N) is 1. The quantitative estimate of drug-likeness (QED) is 0.329. The fraction of sp³-hybridized carbons (Fsp3) is 0.419. The van der Waals surface area contributed by atoms with Gasteiger partial charge in [-0.15, -0.1) is 0 Å². The van der Waals surface area contributed by atoms with Gasteiger partial charge in [0.1, 0.15) is 11.5 Å². The van der Waals surface area contributed by atoms with E-state index in [1.165, 1.54) is 6.92 Å². The summed E-state index contributed by atoms with van der Waals surface area (Å²) < 4.78 is 0. The lowest BCUT2D eigenvalue weighted by Gasteiger charge is -2.48. The first-order valence-electron chi connectivity index (χ1n) is 13.4. The molecule has 0 aliphatic heterocycles. The van der Waals surface area contributed by atoms with E-state index in [1.54, 1.807) is 31.2 Å². The van der Waals surface area contributed by atoms with E-state index < -0.39 is 46.5 Å². The second-order valence-corrected chi connectivity index (χ2v) is 11.1. The van der Waals surface area contributed by atoms with Crippen molar-refractivity contribution < 1.29 is 34.5 Å². The lowest BCUT2D eigenvalue weighted by Crippen LogP contribution is -2.64. The maximum Gasteiger partial charge on any atom is 0.205 e. The highest BCUT2D eigenvalue weighted by atomic mass is 16.3. The van der Waals surface area contributed by atoms with Crippen LogP contribution in [0, 0.1) is 17.8 Å². The van der Waals surface area contributed by atoms with E-state index in [9.17, 15) is 34.5 Å². The van der Waals surface area contributed by atoms with Gasteiger partial charge in [-0.1, -0.05) is 30.7 Å². The number of carbonyl (C=O) groups is 4. The van der Waals surface area contributed by atoms with E-state index in [0.717, 1.165) is 16.7 Å². The number of benzene rings is 2. The number of Topliss-reactive ketones (excluding diaryl/α,β-unsaturated/α-hetero) is 4. The molecule has 0 saturated heterocycles. The first-order valence-corrected chi connectivity index (χ1v) is 13.4. The highest BCUT2D eigenvalue weighted by Gasteiger charge is 2.63. The molecule has 1 saturated carbocycles. The van der Waals surface area contributed by atoms with Gasteiger partial charge < -0.3 is 20.6 Å². The lowest BCUT2D eigenvalue weighted by atomic mass is 9.54. The van der Waals surface area contributed by atoms with E-state index in [0.29, 0.717) is 36.9 Å². The van der Waals surface area contributed by atoms with Gasteiger partial charge in [0.15, 0.2) is 23.0 Å². The van der Waals surface area contributed by atoms with Crippen molar-refractivity contribution >= 4 is 23.1 Å². The third-order valence-corrected chi connectivity index (χ3v) is 8.75. The minimum absolute atomic E-state index is 0.0919. The molecule has 2 aromatic rings. The molecule has 3 aliphatic carbocycles. The van der Waals surface area contributed by atoms with Gasteiger partial charge in [0, 0.05) is 24.6 Å². The van der Waals surface area contributed by atoms with E-state index >= 15 is 0 Å². The Labute approximate surface area is 226 Å². The van der Waals surface area contributed by atoms with Crippen LogP contribution in [0.1, 0.15) is 66.2 Å². The predicted molar refractivity (Wildman–Crippen MR) is 142 cm³/mol. The molecule has 204 valence electrons. The Morgan fingerprint density at radius 3 is 2.38 bits per heavy atom. The van der Waals surface area contributed by atoms with Gasteiger partial charge in [-0.3, -0.25) is 19.2 Å². The predicted octanol–water partition coefficient (Wildman–Crippen LogP) is 3.12. The number of aromatic hydroxyl groups is 2. The third-order valence-electron chi connectivity index (χ3n) is 8.75. The summed E-state index contributed by atoms with van der Waals surface area (Å²) in [5.41, 5.74) is 1.17. The second kappa shape index (κ2) is 9.84. The average molecular weight is 532 g/mol. The second-order valence-electron chi connectivity index (χ2n) is 11.1. The van der Waals surface area contributed by atoms with Crippen LogP contribution in [-0.4, -0.2) is 44.1 Å². The maximum absolute atomic E-state index is 13.9. The van der Waals surface area contributed by atoms with Crippen LogP contribution in [-0.2, 0) is 40.3 Å².